The molecule has 0 radical (unpaired) electrons. The van der Waals surface area contributed by atoms with E-state index in [9.17, 15) is 9.59 Å². The summed E-state index contributed by atoms with van der Waals surface area (Å²) in [6.07, 6.45) is 1.16. The number of nitrogens with zero attached hydrogens (tertiary/aromatic N) is 6. The largest absolute Gasteiger partial charge is 0.339 e. The van der Waals surface area contributed by atoms with Gasteiger partial charge in [0.25, 0.3) is 5.91 Å². The van der Waals surface area contributed by atoms with Crippen LogP contribution in [0.3, 0.4) is 0 Å². The first-order valence-electron chi connectivity index (χ1n) is 14.5. The maximum atomic E-state index is 13.0. The normalized spacial score (nSPS) is 15.4. The molecule has 1 atom stereocenters. The lowest BCUT2D eigenvalue weighted by atomic mass is 10.1. The van der Waals surface area contributed by atoms with Crippen LogP contribution in [0.2, 0.25) is 0 Å². The van der Waals surface area contributed by atoms with Crippen LogP contribution < -0.4 is 0 Å². The van der Waals surface area contributed by atoms with Gasteiger partial charge in [-0.15, -0.1) is 10.2 Å². The molecule has 6 rings (SSSR count). The van der Waals surface area contributed by atoms with Crippen LogP contribution in [0.4, 0.5) is 0 Å². The zero-order chi connectivity index (χ0) is 29.9. The molecular weight excluding hydrogens is 624 g/mol. The molecule has 0 aliphatic carbocycles. The van der Waals surface area contributed by atoms with Crippen LogP contribution >= 0.6 is 27.7 Å². The highest BCUT2D eigenvalue weighted by Crippen LogP contribution is 2.29. The van der Waals surface area contributed by atoms with Crippen LogP contribution in [0.5, 0.6) is 0 Å². The third-order valence-electron chi connectivity index (χ3n) is 7.86. The topological polar surface area (TPSA) is 84.2 Å². The molecule has 2 aromatic heterocycles. The molecule has 2 amide bonds. The van der Waals surface area contributed by atoms with Crippen molar-refractivity contribution in [2.24, 2.45) is 0 Å². The Morgan fingerprint density at radius 1 is 1.00 bits per heavy atom. The van der Waals surface area contributed by atoms with Gasteiger partial charge in [0.1, 0.15) is 5.52 Å². The van der Waals surface area contributed by atoms with E-state index in [1.807, 2.05) is 59.2 Å². The van der Waals surface area contributed by atoms with Gasteiger partial charge in [0.15, 0.2) is 5.65 Å². The van der Waals surface area contributed by atoms with E-state index >= 15 is 0 Å². The van der Waals surface area contributed by atoms with Gasteiger partial charge >= 0.3 is 0 Å². The number of hydrogen-bond acceptors (Lipinski definition) is 6. The van der Waals surface area contributed by atoms with E-state index in [4.69, 9.17) is 4.98 Å². The number of amides is 2. The van der Waals surface area contributed by atoms with Crippen molar-refractivity contribution in [2.75, 3.05) is 25.4 Å². The van der Waals surface area contributed by atoms with Crippen molar-refractivity contribution in [2.45, 2.75) is 44.4 Å². The number of piperazine rings is 1. The van der Waals surface area contributed by atoms with Gasteiger partial charge in [-0.1, -0.05) is 75.7 Å². The first-order chi connectivity index (χ1) is 20.9. The fourth-order valence-corrected chi connectivity index (χ4v) is 6.78. The van der Waals surface area contributed by atoms with Gasteiger partial charge in [-0.25, -0.2) is 4.98 Å². The Morgan fingerprint density at radius 2 is 1.84 bits per heavy atom. The van der Waals surface area contributed by atoms with Crippen molar-refractivity contribution in [1.82, 2.24) is 29.5 Å². The monoisotopic (exact) mass is 656 g/mol. The zero-order valence-corrected chi connectivity index (χ0v) is 26.6. The standard InChI is InChI=1S/C33H33BrN6O2S/c1-22-13-14-28-27(18-22)30-31(40(28)21-24-8-4-3-5-9-24)35-33(37-36-30)43-17-7-12-29(41)38-15-16-39(23(2)20-38)32(42)25-10-6-11-26(34)19-25/h3-6,8-11,13-14,18-19,23H,7,12,15-17,20-21H2,1-2H3. The summed E-state index contributed by atoms with van der Waals surface area (Å²) in [5.41, 5.74) is 5.74. The molecule has 0 N–H and O–H groups in total. The number of aryl methyl sites for hydroxylation is 1. The summed E-state index contributed by atoms with van der Waals surface area (Å²) >= 11 is 4.97. The van der Waals surface area contributed by atoms with Crippen molar-refractivity contribution in [1.29, 1.82) is 0 Å². The SMILES string of the molecule is Cc1ccc2c(c1)c1nnc(SCCCC(=O)N3CCN(C(=O)c4cccc(Br)c4)C(C)C3)nc1n2Cc1ccccc1. The predicted octanol–water partition coefficient (Wildman–Crippen LogP) is 6.34. The highest BCUT2D eigenvalue weighted by atomic mass is 79.9. The van der Waals surface area contributed by atoms with Gasteiger partial charge in [-0.2, -0.15) is 0 Å². The Balaban J connectivity index is 1.07. The van der Waals surface area contributed by atoms with Crippen molar-refractivity contribution < 1.29 is 9.59 Å². The summed E-state index contributed by atoms with van der Waals surface area (Å²) < 4.78 is 3.09. The molecule has 1 aliphatic heterocycles. The lowest BCUT2D eigenvalue weighted by Gasteiger charge is -2.40. The van der Waals surface area contributed by atoms with E-state index in [2.05, 4.69) is 67.9 Å². The molecule has 5 aromatic rings. The van der Waals surface area contributed by atoms with Gasteiger partial charge < -0.3 is 14.4 Å². The van der Waals surface area contributed by atoms with Crippen LogP contribution in [0.15, 0.2) is 82.4 Å². The summed E-state index contributed by atoms with van der Waals surface area (Å²) in [6.45, 7) is 6.40. The summed E-state index contributed by atoms with van der Waals surface area (Å²) in [4.78, 5) is 34.7. The minimum absolute atomic E-state index is 0.000759. The molecule has 1 unspecified atom stereocenters. The lowest BCUT2D eigenvalue weighted by molar-refractivity contribution is -0.133. The van der Waals surface area contributed by atoms with Gasteiger partial charge in [0, 0.05) is 59.8 Å². The number of thioether (sulfide) groups is 1. The van der Waals surface area contributed by atoms with E-state index in [1.54, 1.807) is 0 Å². The van der Waals surface area contributed by atoms with Gasteiger partial charge in [0.05, 0.1) is 5.52 Å². The number of fused-ring (bicyclic) bond motifs is 3. The fraction of sp³-hybridized carbons (Fsp3) is 0.303. The van der Waals surface area contributed by atoms with Crippen molar-refractivity contribution >= 4 is 61.6 Å². The molecule has 3 aromatic carbocycles. The van der Waals surface area contributed by atoms with Gasteiger partial charge in [0.2, 0.25) is 11.1 Å². The maximum Gasteiger partial charge on any atom is 0.254 e. The second-order valence-corrected chi connectivity index (χ2v) is 13.0. The van der Waals surface area contributed by atoms with E-state index in [-0.39, 0.29) is 17.9 Å². The summed E-state index contributed by atoms with van der Waals surface area (Å²) in [5, 5.41) is 10.7. The second kappa shape index (κ2) is 12.9. The minimum Gasteiger partial charge on any atom is -0.339 e. The molecule has 1 saturated heterocycles. The minimum atomic E-state index is -0.0452. The van der Waals surface area contributed by atoms with E-state index in [0.29, 0.717) is 55.5 Å². The Labute approximate surface area is 263 Å². The number of halogens is 1. The molecule has 1 fully saturated rings. The Morgan fingerprint density at radius 3 is 2.63 bits per heavy atom. The summed E-state index contributed by atoms with van der Waals surface area (Å²) in [5.74, 6) is 0.837. The molecule has 3 heterocycles. The third kappa shape index (κ3) is 6.45. The van der Waals surface area contributed by atoms with Crippen LogP contribution in [0.25, 0.3) is 22.1 Å². The third-order valence-corrected chi connectivity index (χ3v) is 9.28. The Hall–Kier alpha value is -3.76. The first kappa shape index (κ1) is 29.3. The molecule has 1 aliphatic rings. The number of benzene rings is 3. The second-order valence-electron chi connectivity index (χ2n) is 11.0. The molecule has 43 heavy (non-hydrogen) atoms. The predicted molar refractivity (Wildman–Crippen MR) is 174 cm³/mol. The van der Waals surface area contributed by atoms with Crippen LogP contribution in [-0.4, -0.2) is 72.8 Å². The van der Waals surface area contributed by atoms with Crippen LogP contribution in [-0.2, 0) is 11.3 Å². The average molecular weight is 658 g/mol. The highest BCUT2D eigenvalue weighted by molar-refractivity contribution is 9.10. The van der Waals surface area contributed by atoms with E-state index < -0.39 is 0 Å². The summed E-state index contributed by atoms with van der Waals surface area (Å²) in [6, 6.07) is 24.1. The Bertz CT molecular complexity index is 1790. The molecule has 10 heteroatoms. The van der Waals surface area contributed by atoms with Gasteiger partial charge in [-0.05, 0) is 56.2 Å². The average Bonchev–Trinajstić information content (AvgIpc) is 3.31. The number of aromatic nitrogens is 4. The smallest absolute Gasteiger partial charge is 0.254 e. The molecular formula is C33H33BrN6O2S. The quantitative estimate of drug-likeness (QED) is 0.143. The molecule has 0 spiro atoms. The molecule has 0 saturated carbocycles. The van der Waals surface area contributed by atoms with Gasteiger partial charge in [-0.3, -0.25) is 9.59 Å². The van der Waals surface area contributed by atoms with Crippen molar-refractivity contribution in [3.63, 3.8) is 0 Å². The van der Waals surface area contributed by atoms with E-state index in [0.717, 1.165) is 26.5 Å². The van der Waals surface area contributed by atoms with E-state index in [1.165, 1.54) is 22.9 Å². The summed E-state index contributed by atoms with van der Waals surface area (Å²) in [7, 11) is 0. The number of rotatable bonds is 8. The lowest BCUT2D eigenvalue weighted by Crippen LogP contribution is -2.55. The van der Waals surface area contributed by atoms with Crippen molar-refractivity contribution in [3.05, 3.63) is 94.0 Å². The van der Waals surface area contributed by atoms with Crippen molar-refractivity contribution in [3.8, 4) is 0 Å². The maximum absolute atomic E-state index is 13.0. The number of hydrogen-bond donors (Lipinski definition) is 0. The number of carbonyl (C=O) groups excluding carboxylic acids is 2. The molecule has 220 valence electrons. The highest BCUT2D eigenvalue weighted by Gasteiger charge is 2.30. The molecule has 8 nitrogen and oxygen atoms in total. The zero-order valence-electron chi connectivity index (χ0n) is 24.2. The first-order valence-corrected chi connectivity index (χ1v) is 16.3. The fourth-order valence-electron chi connectivity index (χ4n) is 5.66. The Kier molecular flexibility index (Phi) is 8.76. The number of carbonyl (C=O) groups is 2. The van der Waals surface area contributed by atoms with Crippen LogP contribution in [0.1, 0.15) is 41.3 Å². The van der Waals surface area contributed by atoms with Crippen LogP contribution in [0, 0.1) is 6.92 Å². The molecule has 0 bridgehead atoms.